The molecule has 0 aliphatic carbocycles. The zero-order valence-electron chi connectivity index (χ0n) is 26.6. The van der Waals surface area contributed by atoms with Gasteiger partial charge in [0.05, 0.1) is 11.2 Å². The van der Waals surface area contributed by atoms with E-state index in [-0.39, 0.29) is 6.04 Å². The molecule has 6 aromatic carbocycles. The number of fused-ring (bicyclic) bond motifs is 1. The lowest BCUT2D eigenvalue weighted by Crippen LogP contribution is -1.93. The van der Waals surface area contributed by atoms with E-state index in [9.17, 15) is 0 Å². The van der Waals surface area contributed by atoms with Crippen molar-refractivity contribution in [1.29, 1.82) is 0 Å². The Morgan fingerprint density at radius 3 is 1.67 bits per heavy atom. The fourth-order valence-corrected chi connectivity index (χ4v) is 5.74. The predicted octanol–water partition coefficient (Wildman–Crippen LogP) is 11.8. The zero-order chi connectivity index (χ0) is 31.7. The van der Waals surface area contributed by atoms with Crippen LogP contribution in [-0.4, -0.2) is 10.7 Å². The van der Waals surface area contributed by atoms with Crippen LogP contribution >= 0.6 is 0 Å². The highest BCUT2D eigenvalue weighted by Crippen LogP contribution is 2.35. The smallest absolute Gasteiger partial charge is 0.118 e. The van der Waals surface area contributed by atoms with E-state index in [0.717, 1.165) is 5.52 Å². The summed E-state index contributed by atoms with van der Waals surface area (Å²) >= 11 is 0. The number of para-hydroxylation sites is 1. The Hall–Kier alpha value is -5.60. The Bertz CT molecular complexity index is 2040. The van der Waals surface area contributed by atoms with Gasteiger partial charge in [-0.15, -0.1) is 0 Å². The van der Waals surface area contributed by atoms with Crippen LogP contribution in [0.15, 0.2) is 175 Å². The summed E-state index contributed by atoms with van der Waals surface area (Å²) in [5.41, 5.74) is 13.4. The molecule has 46 heavy (non-hydrogen) atoms. The van der Waals surface area contributed by atoms with Gasteiger partial charge < -0.3 is 0 Å². The van der Waals surface area contributed by atoms with Crippen molar-refractivity contribution in [2.45, 2.75) is 26.8 Å². The van der Waals surface area contributed by atoms with Gasteiger partial charge in [-0.3, -0.25) is 9.98 Å². The molecule has 0 saturated heterocycles. The lowest BCUT2D eigenvalue weighted by molar-refractivity contribution is 1.13. The highest BCUT2D eigenvalue weighted by molar-refractivity contribution is 6.13. The number of hydrogen-bond acceptors (Lipinski definition) is 2. The third-order valence-electron chi connectivity index (χ3n) is 7.99. The lowest BCUT2D eigenvalue weighted by Gasteiger charge is -2.10. The zero-order valence-corrected chi connectivity index (χ0v) is 26.6. The summed E-state index contributed by atoms with van der Waals surface area (Å²) < 4.78 is 0. The average molecular weight is 595 g/mol. The van der Waals surface area contributed by atoms with Gasteiger partial charge in [0.15, 0.2) is 0 Å². The molecule has 1 atom stereocenters. The van der Waals surface area contributed by atoms with E-state index < -0.39 is 0 Å². The van der Waals surface area contributed by atoms with Gasteiger partial charge in [-0.2, -0.15) is 0 Å². The van der Waals surface area contributed by atoms with Gasteiger partial charge in [0.2, 0.25) is 0 Å². The van der Waals surface area contributed by atoms with E-state index in [1.54, 1.807) is 0 Å². The third-order valence-corrected chi connectivity index (χ3v) is 7.99. The van der Waals surface area contributed by atoms with Gasteiger partial charge in [-0.05, 0) is 63.6 Å². The van der Waals surface area contributed by atoms with Crippen LogP contribution in [0.5, 0.6) is 0 Å². The molecule has 0 amide bonds. The molecule has 224 valence electrons. The molecule has 0 radical (unpaired) electrons. The van der Waals surface area contributed by atoms with Crippen LogP contribution in [-0.2, 0) is 0 Å². The van der Waals surface area contributed by atoms with Crippen LogP contribution in [0.2, 0.25) is 0 Å². The van der Waals surface area contributed by atoms with Crippen LogP contribution in [0.25, 0.3) is 44.3 Å². The van der Waals surface area contributed by atoms with Crippen LogP contribution in [0, 0.1) is 6.92 Å². The molecule has 0 fully saturated rings. The van der Waals surface area contributed by atoms with Crippen molar-refractivity contribution in [3.8, 4) is 33.4 Å². The molecule has 0 bridgehead atoms. The lowest BCUT2D eigenvalue weighted by atomic mass is 9.95. The minimum atomic E-state index is 0.258. The van der Waals surface area contributed by atoms with Crippen molar-refractivity contribution >= 4 is 16.6 Å². The Morgan fingerprint density at radius 2 is 1.00 bits per heavy atom. The van der Waals surface area contributed by atoms with Crippen molar-refractivity contribution in [2.75, 3.05) is 0 Å². The number of rotatable bonds is 5. The molecular formula is C44H38N2. The molecule has 2 heteroatoms. The van der Waals surface area contributed by atoms with E-state index in [1.807, 2.05) is 38.2 Å². The van der Waals surface area contributed by atoms with E-state index in [0.29, 0.717) is 0 Å². The van der Waals surface area contributed by atoms with Crippen LogP contribution < -0.4 is 0 Å². The standard InChI is InChI=1S/C22H17N.C20H15N.C2H6/c1-16-13-19(17-7-3-2-4-8-17)15-20(14-16)21-11-5-9-18-10-6-12-23-22(18)21;1-3-7-15(8-4-1)16-11-13-18(14-12-16)20-19(21-20)17-9-5-2-6-10-17;1-2/h2-15H,1H3;1-14,19H;1-2H3. The van der Waals surface area contributed by atoms with Crippen molar-refractivity contribution in [2.24, 2.45) is 4.99 Å². The second-order valence-electron chi connectivity index (χ2n) is 11.1. The molecule has 1 aromatic heterocycles. The fourth-order valence-electron chi connectivity index (χ4n) is 5.74. The number of aliphatic imine (C=N–C) groups is 1. The van der Waals surface area contributed by atoms with Gasteiger partial charge in [0.25, 0.3) is 0 Å². The van der Waals surface area contributed by atoms with E-state index in [1.165, 1.54) is 61.2 Å². The highest BCUT2D eigenvalue weighted by Gasteiger charge is 2.30. The molecule has 2 nitrogen and oxygen atoms in total. The maximum absolute atomic E-state index is 4.61. The van der Waals surface area contributed by atoms with Crippen LogP contribution in [0.4, 0.5) is 0 Å². The second-order valence-corrected chi connectivity index (χ2v) is 11.1. The van der Waals surface area contributed by atoms with Gasteiger partial charge in [0.1, 0.15) is 6.04 Å². The topological polar surface area (TPSA) is 25.2 Å². The minimum absolute atomic E-state index is 0.258. The number of pyridine rings is 1. The largest absolute Gasteiger partial charge is 0.272 e. The van der Waals surface area contributed by atoms with Crippen LogP contribution in [0.1, 0.15) is 36.6 Å². The molecular weight excluding hydrogens is 556 g/mol. The SMILES string of the molecule is CC.Cc1cc(-c2ccccc2)cc(-c2cccc3cccnc23)c1.c1ccc(-c2ccc(C3=NC3c3ccccc3)cc2)cc1. The Morgan fingerprint density at radius 1 is 0.457 bits per heavy atom. The Balaban J connectivity index is 0.000000154. The summed E-state index contributed by atoms with van der Waals surface area (Å²) in [5.74, 6) is 0. The normalized spacial score (nSPS) is 13.0. The maximum atomic E-state index is 4.61. The molecule has 1 aliphatic rings. The van der Waals surface area contributed by atoms with Crippen molar-refractivity contribution in [3.63, 3.8) is 0 Å². The van der Waals surface area contributed by atoms with Gasteiger partial charge in [-0.25, -0.2) is 0 Å². The highest BCUT2D eigenvalue weighted by atomic mass is 15.0. The first-order valence-electron chi connectivity index (χ1n) is 16.0. The molecule has 2 heterocycles. The van der Waals surface area contributed by atoms with Gasteiger partial charge >= 0.3 is 0 Å². The molecule has 7 aromatic rings. The number of aryl methyl sites for hydroxylation is 1. The predicted molar refractivity (Wildman–Crippen MR) is 196 cm³/mol. The summed E-state index contributed by atoms with van der Waals surface area (Å²) in [7, 11) is 0. The summed E-state index contributed by atoms with van der Waals surface area (Å²) in [5, 5.41) is 1.17. The molecule has 8 rings (SSSR count). The quantitative estimate of drug-likeness (QED) is 0.195. The maximum Gasteiger partial charge on any atom is 0.118 e. The fraction of sp³-hybridized carbons (Fsp3) is 0.0909. The summed E-state index contributed by atoms with van der Waals surface area (Å²) in [4.78, 5) is 9.20. The summed E-state index contributed by atoms with van der Waals surface area (Å²) in [6, 6.07) is 57.6. The number of benzene rings is 6. The van der Waals surface area contributed by atoms with E-state index in [4.69, 9.17) is 0 Å². The number of hydrogen-bond donors (Lipinski definition) is 0. The average Bonchev–Trinajstić information content (AvgIpc) is 3.95. The van der Waals surface area contributed by atoms with Crippen molar-refractivity contribution < 1.29 is 0 Å². The summed E-state index contributed by atoms with van der Waals surface area (Å²) in [6.07, 6.45) is 1.86. The molecule has 1 aliphatic heterocycles. The second kappa shape index (κ2) is 14.5. The molecule has 0 N–H and O–H groups in total. The molecule has 0 saturated carbocycles. The first-order chi connectivity index (χ1) is 22.7. The van der Waals surface area contributed by atoms with Gasteiger partial charge in [-0.1, -0.05) is 166 Å². The number of aromatic nitrogens is 1. The van der Waals surface area contributed by atoms with E-state index >= 15 is 0 Å². The summed E-state index contributed by atoms with van der Waals surface area (Å²) in [6.45, 7) is 6.15. The first-order valence-corrected chi connectivity index (χ1v) is 16.0. The minimum Gasteiger partial charge on any atom is -0.272 e. The Labute approximate surface area is 272 Å². The first kappa shape index (κ1) is 30.4. The van der Waals surface area contributed by atoms with Crippen molar-refractivity contribution in [1.82, 2.24) is 4.98 Å². The van der Waals surface area contributed by atoms with Gasteiger partial charge in [0, 0.05) is 17.1 Å². The van der Waals surface area contributed by atoms with Crippen LogP contribution in [0.3, 0.4) is 0 Å². The monoisotopic (exact) mass is 594 g/mol. The van der Waals surface area contributed by atoms with E-state index in [2.05, 4.69) is 162 Å². The Kier molecular flexibility index (Phi) is 9.56. The third kappa shape index (κ3) is 7.03. The number of nitrogens with zero attached hydrogens (tertiary/aromatic N) is 2. The molecule has 1 unspecified atom stereocenters. The van der Waals surface area contributed by atoms with Crippen molar-refractivity contribution in [3.05, 3.63) is 187 Å². The molecule has 0 spiro atoms.